The summed E-state index contributed by atoms with van der Waals surface area (Å²) >= 11 is 0. The van der Waals surface area contributed by atoms with Crippen molar-refractivity contribution >= 4 is 6.09 Å². The summed E-state index contributed by atoms with van der Waals surface area (Å²) in [5, 5.41) is 2.11. The predicted octanol–water partition coefficient (Wildman–Crippen LogP) is 2.16. The fraction of sp³-hybridized carbons (Fsp3) is 0.900. The van der Waals surface area contributed by atoms with Gasteiger partial charge >= 0.3 is 18.4 Å². The van der Waals surface area contributed by atoms with Crippen molar-refractivity contribution in [3.8, 4) is 0 Å². The van der Waals surface area contributed by atoms with Gasteiger partial charge in [0.2, 0.25) is 0 Å². The molecule has 0 aromatic rings. The molecule has 1 saturated heterocycles. The van der Waals surface area contributed by atoms with E-state index in [1.54, 1.807) is 0 Å². The molecule has 0 radical (unpaired) electrons. The third-order valence-corrected chi connectivity index (χ3v) is 2.67. The fourth-order valence-corrected chi connectivity index (χ4v) is 1.90. The summed E-state index contributed by atoms with van der Waals surface area (Å²) in [6.45, 7) is -2.35. The highest BCUT2D eigenvalue weighted by Gasteiger charge is 2.34. The SMILES string of the molecule is O=C(NCC1CCN(CC(F)(F)F)C1)OCC(F)(F)F. The first kappa shape index (κ1) is 16.9. The van der Waals surface area contributed by atoms with Crippen LogP contribution in [0.3, 0.4) is 0 Å². The molecule has 0 aromatic heterocycles. The average Bonchev–Trinajstić information content (AvgIpc) is 2.67. The van der Waals surface area contributed by atoms with E-state index in [0.29, 0.717) is 6.42 Å². The maximum atomic E-state index is 12.1. The molecule has 0 aromatic carbocycles. The van der Waals surface area contributed by atoms with Crippen LogP contribution in [0.25, 0.3) is 0 Å². The van der Waals surface area contributed by atoms with Crippen LogP contribution in [0.15, 0.2) is 0 Å². The molecule has 0 saturated carbocycles. The van der Waals surface area contributed by atoms with Crippen LogP contribution in [0.4, 0.5) is 31.1 Å². The molecular formula is C10H14F6N2O2. The Bertz CT molecular complexity index is 331. The van der Waals surface area contributed by atoms with E-state index in [-0.39, 0.29) is 25.6 Å². The van der Waals surface area contributed by atoms with Crippen LogP contribution in [0.2, 0.25) is 0 Å². The van der Waals surface area contributed by atoms with Crippen molar-refractivity contribution in [1.82, 2.24) is 10.2 Å². The zero-order valence-electron chi connectivity index (χ0n) is 10.4. The van der Waals surface area contributed by atoms with E-state index >= 15 is 0 Å². The van der Waals surface area contributed by atoms with Crippen LogP contribution >= 0.6 is 0 Å². The van der Waals surface area contributed by atoms with Gasteiger partial charge < -0.3 is 10.1 Å². The molecule has 10 heteroatoms. The monoisotopic (exact) mass is 308 g/mol. The number of likely N-dealkylation sites (tertiary alicyclic amines) is 1. The van der Waals surface area contributed by atoms with E-state index in [1.165, 1.54) is 4.90 Å². The number of hydrogen-bond donors (Lipinski definition) is 1. The van der Waals surface area contributed by atoms with Crippen LogP contribution in [-0.4, -0.2) is 56.1 Å². The van der Waals surface area contributed by atoms with Gasteiger partial charge in [0.05, 0.1) is 6.54 Å². The summed E-state index contributed by atoms with van der Waals surface area (Å²) in [6, 6.07) is 0. The normalized spacial score (nSPS) is 21.0. The van der Waals surface area contributed by atoms with Crippen molar-refractivity contribution in [2.75, 3.05) is 32.8 Å². The second-order valence-electron chi connectivity index (χ2n) is 4.58. The maximum Gasteiger partial charge on any atom is 0.422 e. The summed E-state index contributed by atoms with van der Waals surface area (Å²) in [4.78, 5) is 12.1. The van der Waals surface area contributed by atoms with Gasteiger partial charge in [-0.2, -0.15) is 26.3 Å². The zero-order valence-corrected chi connectivity index (χ0v) is 10.4. The molecule has 1 amide bonds. The lowest BCUT2D eigenvalue weighted by molar-refractivity contribution is -0.160. The Hall–Kier alpha value is -1.19. The van der Waals surface area contributed by atoms with Crippen LogP contribution in [0.5, 0.6) is 0 Å². The highest BCUT2D eigenvalue weighted by molar-refractivity contribution is 5.67. The molecule has 1 N–H and O–H groups in total. The predicted molar refractivity (Wildman–Crippen MR) is 56.0 cm³/mol. The number of nitrogens with one attached hydrogen (secondary N) is 1. The summed E-state index contributed by atoms with van der Waals surface area (Å²) in [7, 11) is 0. The molecule has 4 nitrogen and oxygen atoms in total. The summed E-state index contributed by atoms with van der Waals surface area (Å²) in [5.41, 5.74) is 0. The van der Waals surface area contributed by atoms with E-state index in [9.17, 15) is 31.1 Å². The minimum absolute atomic E-state index is 0.00888. The van der Waals surface area contributed by atoms with Gasteiger partial charge in [-0.25, -0.2) is 4.79 Å². The van der Waals surface area contributed by atoms with Gasteiger partial charge in [-0.1, -0.05) is 0 Å². The summed E-state index contributed by atoms with van der Waals surface area (Å²) in [6.07, 6.45) is -9.67. The molecule has 0 aliphatic carbocycles. The molecule has 118 valence electrons. The first-order chi connectivity index (χ1) is 9.05. The van der Waals surface area contributed by atoms with Gasteiger partial charge in [0.15, 0.2) is 6.61 Å². The number of carbonyl (C=O) groups excluding carboxylic acids is 1. The third-order valence-electron chi connectivity index (χ3n) is 2.67. The molecule has 1 unspecified atom stereocenters. The van der Waals surface area contributed by atoms with Gasteiger partial charge in [0.25, 0.3) is 0 Å². The Morgan fingerprint density at radius 1 is 1.20 bits per heavy atom. The number of alkyl halides is 6. The smallest absolute Gasteiger partial charge is 0.422 e. The first-order valence-electron chi connectivity index (χ1n) is 5.81. The number of ether oxygens (including phenoxy) is 1. The largest absolute Gasteiger partial charge is 0.440 e. The molecule has 1 fully saturated rings. The fourth-order valence-electron chi connectivity index (χ4n) is 1.90. The lowest BCUT2D eigenvalue weighted by Gasteiger charge is -2.18. The Labute approximate surface area is 111 Å². The van der Waals surface area contributed by atoms with Gasteiger partial charge in [-0.3, -0.25) is 4.90 Å². The van der Waals surface area contributed by atoms with Gasteiger partial charge in [0, 0.05) is 13.1 Å². The molecule has 20 heavy (non-hydrogen) atoms. The molecule has 1 aliphatic heterocycles. The second-order valence-corrected chi connectivity index (χ2v) is 4.58. The van der Waals surface area contributed by atoms with Crippen molar-refractivity contribution in [3.63, 3.8) is 0 Å². The molecule has 1 aliphatic rings. The van der Waals surface area contributed by atoms with E-state index in [0.717, 1.165) is 0 Å². The lowest BCUT2D eigenvalue weighted by atomic mass is 10.1. The standard InChI is InChI=1S/C10H14F6N2O2/c11-9(12,13)5-18-2-1-7(4-18)3-17-8(19)20-6-10(14,15)16/h7H,1-6H2,(H,17,19). The Balaban J connectivity index is 2.19. The number of halogens is 6. The number of rotatable bonds is 4. The van der Waals surface area contributed by atoms with Crippen LogP contribution in [0.1, 0.15) is 6.42 Å². The van der Waals surface area contributed by atoms with E-state index in [2.05, 4.69) is 10.1 Å². The van der Waals surface area contributed by atoms with Crippen molar-refractivity contribution < 1.29 is 35.9 Å². The topological polar surface area (TPSA) is 41.6 Å². The number of hydrogen-bond acceptors (Lipinski definition) is 3. The molecular weight excluding hydrogens is 294 g/mol. The van der Waals surface area contributed by atoms with Crippen LogP contribution in [0, 0.1) is 5.92 Å². The second kappa shape index (κ2) is 6.51. The number of carbonyl (C=O) groups is 1. The van der Waals surface area contributed by atoms with E-state index in [4.69, 9.17) is 0 Å². The quantitative estimate of drug-likeness (QED) is 0.809. The zero-order chi connectivity index (χ0) is 15.4. The highest BCUT2D eigenvalue weighted by atomic mass is 19.4. The van der Waals surface area contributed by atoms with E-state index < -0.39 is 31.6 Å². The number of alkyl carbamates (subject to hydrolysis) is 1. The van der Waals surface area contributed by atoms with Crippen LogP contribution in [-0.2, 0) is 4.74 Å². The van der Waals surface area contributed by atoms with Crippen molar-refractivity contribution in [2.24, 2.45) is 5.92 Å². The Kier molecular flexibility index (Phi) is 5.49. The third kappa shape index (κ3) is 7.41. The van der Waals surface area contributed by atoms with Crippen LogP contribution < -0.4 is 5.32 Å². The number of nitrogens with zero attached hydrogens (tertiary/aromatic N) is 1. The van der Waals surface area contributed by atoms with Crippen molar-refractivity contribution in [2.45, 2.75) is 18.8 Å². The van der Waals surface area contributed by atoms with Gasteiger partial charge in [-0.05, 0) is 18.9 Å². The summed E-state index contributed by atoms with van der Waals surface area (Å²) in [5.74, 6) is -0.226. The first-order valence-corrected chi connectivity index (χ1v) is 5.81. The lowest BCUT2D eigenvalue weighted by Crippen LogP contribution is -2.35. The molecule has 1 heterocycles. The van der Waals surface area contributed by atoms with Gasteiger partial charge in [-0.15, -0.1) is 0 Å². The summed E-state index contributed by atoms with van der Waals surface area (Å²) < 4.78 is 75.5. The van der Waals surface area contributed by atoms with Crippen molar-refractivity contribution in [1.29, 1.82) is 0 Å². The van der Waals surface area contributed by atoms with Crippen molar-refractivity contribution in [3.05, 3.63) is 0 Å². The molecule has 0 spiro atoms. The molecule has 1 rings (SSSR count). The Morgan fingerprint density at radius 2 is 1.85 bits per heavy atom. The average molecular weight is 308 g/mol. The maximum absolute atomic E-state index is 12.1. The minimum Gasteiger partial charge on any atom is -0.440 e. The van der Waals surface area contributed by atoms with E-state index in [1.807, 2.05) is 0 Å². The van der Waals surface area contributed by atoms with Gasteiger partial charge in [0.1, 0.15) is 0 Å². The number of amides is 1. The Morgan fingerprint density at radius 3 is 2.40 bits per heavy atom. The highest BCUT2D eigenvalue weighted by Crippen LogP contribution is 2.22. The minimum atomic E-state index is -4.60. The molecule has 0 bridgehead atoms. The molecule has 1 atom stereocenters.